The van der Waals surface area contributed by atoms with Crippen molar-refractivity contribution in [3.63, 3.8) is 0 Å². The minimum absolute atomic E-state index is 0.183. The Hall–Kier alpha value is -0.910. The first-order valence-corrected chi connectivity index (χ1v) is 7.21. The fourth-order valence-electron chi connectivity index (χ4n) is 2.91. The average Bonchev–Trinajstić information content (AvgIpc) is 2.86. The predicted molar refractivity (Wildman–Crippen MR) is 76.2 cm³/mol. The van der Waals surface area contributed by atoms with Crippen molar-refractivity contribution in [3.8, 4) is 0 Å². The van der Waals surface area contributed by atoms with Crippen molar-refractivity contribution in [1.82, 2.24) is 19.8 Å². The highest BCUT2D eigenvalue weighted by atomic mass is 16.5. The van der Waals surface area contributed by atoms with Gasteiger partial charge in [-0.25, -0.2) is 4.98 Å². The SMILES string of the molecule is CCn1cncc1C1C(CNC)OCCN1C(C)C. The summed E-state index contributed by atoms with van der Waals surface area (Å²) in [6, 6.07) is 0.789. The Morgan fingerprint density at radius 2 is 2.32 bits per heavy atom. The molecule has 108 valence electrons. The van der Waals surface area contributed by atoms with Crippen LogP contribution in [0.3, 0.4) is 0 Å². The van der Waals surface area contributed by atoms with E-state index in [9.17, 15) is 0 Å². The summed E-state index contributed by atoms with van der Waals surface area (Å²) >= 11 is 0. The molecule has 0 radical (unpaired) electrons. The van der Waals surface area contributed by atoms with Crippen LogP contribution in [0.15, 0.2) is 12.5 Å². The van der Waals surface area contributed by atoms with Crippen LogP contribution in [0.2, 0.25) is 0 Å². The Balaban J connectivity index is 2.31. The number of nitrogens with zero attached hydrogens (tertiary/aromatic N) is 3. The Labute approximate surface area is 116 Å². The minimum atomic E-state index is 0.183. The summed E-state index contributed by atoms with van der Waals surface area (Å²) in [6.45, 7) is 10.3. The lowest BCUT2D eigenvalue weighted by molar-refractivity contribution is -0.0838. The van der Waals surface area contributed by atoms with Crippen molar-refractivity contribution in [2.45, 2.75) is 45.5 Å². The molecule has 2 unspecified atom stereocenters. The van der Waals surface area contributed by atoms with Crippen LogP contribution in [-0.4, -0.2) is 53.3 Å². The Bertz CT molecular complexity index is 389. The summed E-state index contributed by atoms with van der Waals surface area (Å²) in [5.41, 5.74) is 1.26. The molecule has 0 spiro atoms. The maximum Gasteiger partial charge on any atom is 0.0948 e. The van der Waals surface area contributed by atoms with Crippen LogP contribution in [0.4, 0.5) is 0 Å². The molecule has 0 aromatic carbocycles. The standard InChI is InChI=1S/C14H26N4O/c1-5-17-10-16-8-12(17)14-13(9-15-4)19-7-6-18(14)11(2)3/h8,10-11,13-15H,5-7,9H2,1-4H3. The largest absolute Gasteiger partial charge is 0.374 e. The molecule has 1 aliphatic rings. The number of rotatable bonds is 5. The number of nitrogens with one attached hydrogen (secondary N) is 1. The molecule has 0 bridgehead atoms. The lowest BCUT2D eigenvalue weighted by Crippen LogP contribution is -2.51. The summed E-state index contributed by atoms with van der Waals surface area (Å²) in [4.78, 5) is 6.84. The van der Waals surface area contributed by atoms with Crippen LogP contribution in [-0.2, 0) is 11.3 Å². The van der Waals surface area contributed by atoms with Gasteiger partial charge < -0.3 is 14.6 Å². The zero-order valence-electron chi connectivity index (χ0n) is 12.5. The number of aromatic nitrogens is 2. The van der Waals surface area contributed by atoms with Gasteiger partial charge in [-0.15, -0.1) is 0 Å². The van der Waals surface area contributed by atoms with E-state index >= 15 is 0 Å². The molecule has 1 saturated heterocycles. The van der Waals surface area contributed by atoms with Gasteiger partial charge in [0, 0.05) is 31.9 Å². The number of imidazole rings is 1. The third kappa shape index (κ3) is 2.99. The highest BCUT2D eigenvalue weighted by Crippen LogP contribution is 2.30. The molecule has 0 saturated carbocycles. The van der Waals surface area contributed by atoms with E-state index in [1.165, 1.54) is 5.69 Å². The third-order valence-electron chi connectivity index (χ3n) is 3.85. The van der Waals surface area contributed by atoms with E-state index < -0.39 is 0 Å². The fraction of sp³-hybridized carbons (Fsp3) is 0.786. The number of ether oxygens (including phenoxy) is 1. The molecule has 2 heterocycles. The van der Waals surface area contributed by atoms with Crippen molar-refractivity contribution in [3.05, 3.63) is 18.2 Å². The van der Waals surface area contributed by atoms with E-state index in [0.717, 1.165) is 26.2 Å². The number of hydrogen-bond acceptors (Lipinski definition) is 4. The van der Waals surface area contributed by atoms with Gasteiger partial charge in [0.1, 0.15) is 0 Å². The van der Waals surface area contributed by atoms with Crippen molar-refractivity contribution in [1.29, 1.82) is 0 Å². The monoisotopic (exact) mass is 266 g/mol. The van der Waals surface area contributed by atoms with E-state index in [4.69, 9.17) is 4.74 Å². The lowest BCUT2D eigenvalue weighted by Gasteiger charge is -2.43. The highest BCUT2D eigenvalue weighted by Gasteiger charge is 2.36. The molecule has 1 fully saturated rings. The molecule has 1 aliphatic heterocycles. The van der Waals surface area contributed by atoms with E-state index in [1.54, 1.807) is 0 Å². The fourth-order valence-corrected chi connectivity index (χ4v) is 2.91. The first kappa shape index (κ1) is 14.5. The second-order valence-corrected chi connectivity index (χ2v) is 5.35. The molecule has 2 rings (SSSR count). The van der Waals surface area contributed by atoms with Gasteiger partial charge in [0.2, 0.25) is 0 Å². The first-order valence-electron chi connectivity index (χ1n) is 7.21. The normalized spacial score (nSPS) is 25.1. The van der Waals surface area contributed by atoms with E-state index in [1.807, 2.05) is 19.6 Å². The molecule has 2 atom stereocenters. The zero-order valence-corrected chi connectivity index (χ0v) is 12.5. The molecule has 5 heteroatoms. The summed E-state index contributed by atoms with van der Waals surface area (Å²) in [5.74, 6) is 0. The molecule has 1 aromatic heterocycles. The first-order chi connectivity index (χ1) is 9.19. The van der Waals surface area contributed by atoms with E-state index in [-0.39, 0.29) is 12.1 Å². The predicted octanol–water partition coefficient (Wildman–Crippen LogP) is 1.27. The molecular weight excluding hydrogens is 240 g/mol. The molecule has 1 aromatic rings. The van der Waals surface area contributed by atoms with Gasteiger partial charge in [0.25, 0.3) is 0 Å². The zero-order chi connectivity index (χ0) is 13.8. The number of morpholine rings is 1. The second-order valence-electron chi connectivity index (χ2n) is 5.35. The van der Waals surface area contributed by atoms with Gasteiger partial charge in [-0.2, -0.15) is 0 Å². The van der Waals surface area contributed by atoms with Gasteiger partial charge in [-0.05, 0) is 27.8 Å². The van der Waals surface area contributed by atoms with Crippen LogP contribution in [0.5, 0.6) is 0 Å². The Morgan fingerprint density at radius 3 is 2.95 bits per heavy atom. The molecule has 0 aliphatic carbocycles. The highest BCUT2D eigenvalue weighted by molar-refractivity contribution is 5.10. The topological polar surface area (TPSA) is 42.3 Å². The van der Waals surface area contributed by atoms with Gasteiger partial charge in [0.15, 0.2) is 0 Å². The van der Waals surface area contributed by atoms with Crippen LogP contribution in [0.25, 0.3) is 0 Å². The van der Waals surface area contributed by atoms with Crippen LogP contribution in [0.1, 0.15) is 32.5 Å². The molecule has 1 N–H and O–H groups in total. The van der Waals surface area contributed by atoms with Crippen molar-refractivity contribution >= 4 is 0 Å². The van der Waals surface area contributed by atoms with E-state index in [0.29, 0.717) is 6.04 Å². The van der Waals surface area contributed by atoms with Crippen LogP contribution < -0.4 is 5.32 Å². The molecule has 5 nitrogen and oxygen atoms in total. The number of hydrogen-bond donors (Lipinski definition) is 1. The quantitative estimate of drug-likeness (QED) is 0.871. The Kier molecular flexibility index (Phi) is 4.96. The molecular formula is C14H26N4O. The average molecular weight is 266 g/mol. The maximum absolute atomic E-state index is 5.99. The molecule has 19 heavy (non-hydrogen) atoms. The third-order valence-corrected chi connectivity index (χ3v) is 3.85. The van der Waals surface area contributed by atoms with E-state index in [2.05, 4.69) is 40.5 Å². The van der Waals surface area contributed by atoms with Crippen LogP contribution >= 0.6 is 0 Å². The van der Waals surface area contributed by atoms with Gasteiger partial charge in [-0.3, -0.25) is 4.90 Å². The smallest absolute Gasteiger partial charge is 0.0948 e. The lowest BCUT2D eigenvalue weighted by atomic mass is 10.0. The summed E-state index contributed by atoms with van der Waals surface area (Å²) in [7, 11) is 1.98. The number of aryl methyl sites for hydroxylation is 1. The minimum Gasteiger partial charge on any atom is -0.374 e. The van der Waals surface area contributed by atoms with Crippen molar-refractivity contribution in [2.24, 2.45) is 0 Å². The van der Waals surface area contributed by atoms with Crippen molar-refractivity contribution < 1.29 is 4.74 Å². The van der Waals surface area contributed by atoms with Crippen LogP contribution in [0, 0.1) is 0 Å². The van der Waals surface area contributed by atoms with Crippen molar-refractivity contribution in [2.75, 3.05) is 26.7 Å². The molecule has 0 amide bonds. The maximum atomic E-state index is 5.99. The second kappa shape index (κ2) is 6.50. The van der Waals surface area contributed by atoms with Gasteiger partial charge >= 0.3 is 0 Å². The Morgan fingerprint density at radius 1 is 1.53 bits per heavy atom. The summed E-state index contributed by atoms with van der Waals surface area (Å²) in [6.07, 6.45) is 4.09. The summed E-state index contributed by atoms with van der Waals surface area (Å²) < 4.78 is 8.21. The number of likely N-dealkylation sites (N-methyl/N-ethyl adjacent to an activating group) is 1. The summed E-state index contributed by atoms with van der Waals surface area (Å²) in [5, 5.41) is 3.24. The van der Waals surface area contributed by atoms with Gasteiger partial charge in [-0.1, -0.05) is 0 Å². The van der Waals surface area contributed by atoms with Gasteiger partial charge in [0.05, 0.1) is 30.8 Å².